The van der Waals surface area contributed by atoms with Gasteiger partial charge in [0.1, 0.15) is 5.69 Å². The van der Waals surface area contributed by atoms with E-state index < -0.39 is 0 Å². The van der Waals surface area contributed by atoms with Crippen molar-refractivity contribution in [2.75, 3.05) is 21.3 Å². The van der Waals surface area contributed by atoms with Crippen molar-refractivity contribution in [1.29, 1.82) is 0 Å². The van der Waals surface area contributed by atoms with Crippen LogP contribution in [0.25, 0.3) is 11.3 Å². The van der Waals surface area contributed by atoms with Crippen LogP contribution in [0.5, 0.6) is 17.2 Å². The van der Waals surface area contributed by atoms with Crippen LogP contribution in [0.1, 0.15) is 25.1 Å². The minimum absolute atomic E-state index is 0.169. The molecule has 6 nitrogen and oxygen atoms in total. The molecule has 21 heavy (non-hydrogen) atoms. The second kappa shape index (κ2) is 6.49. The van der Waals surface area contributed by atoms with Crippen LogP contribution >= 0.6 is 0 Å². The van der Waals surface area contributed by atoms with E-state index in [1.165, 1.54) is 0 Å². The lowest BCUT2D eigenvalue weighted by atomic mass is 10.1. The van der Waals surface area contributed by atoms with E-state index in [1.807, 2.05) is 19.1 Å². The summed E-state index contributed by atoms with van der Waals surface area (Å²) >= 11 is 0. The minimum Gasteiger partial charge on any atom is -0.493 e. The third-order valence-corrected chi connectivity index (χ3v) is 3.31. The molecule has 0 spiro atoms. The van der Waals surface area contributed by atoms with Crippen molar-refractivity contribution in [3.8, 4) is 28.5 Å². The summed E-state index contributed by atoms with van der Waals surface area (Å²) in [7, 11) is 4.70. The van der Waals surface area contributed by atoms with E-state index in [4.69, 9.17) is 24.5 Å². The summed E-state index contributed by atoms with van der Waals surface area (Å²) in [6, 6.07) is 5.29. The fraction of sp³-hybridized carbons (Fsp3) is 0.400. The first-order valence-electron chi connectivity index (χ1n) is 6.67. The third-order valence-electron chi connectivity index (χ3n) is 3.31. The normalized spacial score (nSPS) is 12.0. The minimum atomic E-state index is -0.169. The molecule has 0 aliphatic heterocycles. The fourth-order valence-corrected chi connectivity index (χ4v) is 2.10. The molecule has 0 aliphatic rings. The Hall–Kier alpha value is -2.21. The largest absolute Gasteiger partial charge is 0.493 e. The molecule has 1 aromatic carbocycles. The first-order chi connectivity index (χ1) is 10.2. The quantitative estimate of drug-likeness (QED) is 0.881. The highest BCUT2D eigenvalue weighted by Crippen LogP contribution is 2.44. The lowest BCUT2D eigenvalue weighted by molar-refractivity contribution is 0.324. The van der Waals surface area contributed by atoms with E-state index in [9.17, 15) is 0 Å². The highest BCUT2D eigenvalue weighted by atomic mass is 16.5. The van der Waals surface area contributed by atoms with Crippen LogP contribution in [0.15, 0.2) is 22.7 Å². The number of hydrogen-bond donors (Lipinski definition) is 1. The van der Waals surface area contributed by atoms with Gasteiger partial charge in [-0.25, -0.2) is 0 Å². The Labute approximate surface area is 123 Å². The van der Waals surface area contributed by atoms with Gasteiger partial charge in [0.2, 0.25) is 5.75 Å². The van der Waals surface area contributed by atoms with Gasteiger partial charge in [0.15, 0.2) is 17.3 Å². The van der Waals surface area contributed by atoms with Gasteiger partial charge >= 0.3 is 0 Å². The van der Waals surface area contributed by atoms with Gasteiger partial charge in [0, 0.05) is 11.6 Å². The fourth-order valence-electron chi connectivity index (χ4n) is 2.10. The standard InChI is InChI=1S/C15H20N2O4/c1-5-10(16)13-8-11(17-21-13)9-6-7-12(18-2)15(20-4)14(9)19-3/h6-8,10H,5,16H2,1-4H3. The van der Waals surface area contributed by atoms with E-state index >= 15 is 0 Å². The Morgan fingerprint density at radius 1 is 1.14 bits per heavy atom. The summed E-state index contributed by atoms with van der Waals surface area (Å²) < 4.78 is 21.4. The zero-order chi connectivity index (χ0) is 15.4. The summed E-state index contributed by atoms with van der Waals surface area (Å²) in [5, 5.41) is 4.06. The summed E-state index contributed by atoms with van der Waals surface area (Å²) in [6.07, 6.45) is 0.775. The van der Waals surface area contributed by atoms with Gasteiger partial charge in [-0.05, 0) is 18.6 Å². The van der Waals surface area contributed by atoms with Crippen molar-refractivity contribution in [2.45, 2.75) is 19.4 Å². The smallest absolute Gasteiger partial charge is 0.203 e. The van der Waals surface area contributed by atoms with Gasteiger partial charge in [-0.3, -0.25) is 0 Å². The monoisotopic (exact) mass is 292 g/mol. The van der Waals surface area contributed by atoms with Crippen LogP contribution < -0.4 is 19.9 Å². The average molecular weight is 292 g/mol. The number of ether oxygens (including phenoxy) is 3. The van der Waals surface area contributed by atoms with E-state index in [0.717, 1.165) is 12.0 Å². The molecule has 1 atom stereocenters. The maximum atomic E-state index is 5.95. The number of nitrogens with two attached hydrogens (primary N) is 1. The average Bonchev–Trinajstić information content (AvgIpc) is 3.02. The number of hydrogen-bond acceptors (Lipinski definition) is 6. The van der Waals surface area contributed by atoms with Crippen LogP contribution in [-0.4, -0.2) is 26.5 Å². The maximum absolute atomic E-state index is 5.95. The lowest BCUT2D eigenvalue weighted by Crippen LogP contribution is -2.06. The van der Waals surface area contributed by atoms with Crippen LogP contribution in [0.3, 0.4) is 0 Å². The first-order valence-corrected chi connectivity index (χ1v) is 6.67. The van der Waals surface area contributed by atoms with Crippen LogP contribution in [0.2, 0.25) is 0 Å². The SMILES string of the molecule is CCC(N)c1cc(-c2ccc(OC)c(OC)c2OC)no1. The zero-order valence-corrected chi connectivity index (χ0v) is 12.7. The topological polar surface area (TPSA) is 79.7 Å². The van der Waals surface area contributed by atoms with E-state index in [0.29, 0.717) is 28.7 Å². The van der Waals surface area contributed by atoms with Gasteiger partial charge in [-0.15, -0.1) is 0 Å². The molecule has 6 heteroatoms. The summed E-state index contributed by atoms with van der Waals surface area (Å²) in [4.78, 5) is 0. The number of methoxy groups -OCH3 is 3. The summed E-state index contributed by atoms with van der Waals surface area (Å²) in [5.74, 6) is 2.29. The van der Waals surface area contributed by atoms with Crippen molar-refractivity contribution in [3.05, 3.63) is 24.0 Å². The predicted octanol–water partition coefficient (Wildman–Crippen LogP) is 2.78. The van der Waals surface area contributed by atoms with Gasteiger partial charge in [0.05, 0.1) is 27.4 Å². The first kappa shape index (κ1) is 15.2. The van der Waals surface area contributed by atoms with Crippen molar-refractivity contribution < 1.29 is 18.7 Å². The summed E-state index contributed by atoms with van der Waals surface area (Å²) in [5.41, 5.74) is 7.35. The van der Waals surface area contributed by atoms with Crippen molar-refractivity contribution in [1.82, 2.24) is 5.16 Å². The predicted molar refractivity (Wildman–Crippen MR) is 78.8 cm³/mol. The van der Waals surface area contributed by atoms with Gasteiger partial charge in [-0.1, -0.05) is 12.1 Å². The lowest BCUT2D eigenvalue weighted by Gasteiger charge is -2.14. The van der Waals surface area contributed by atoms with Crippen LogP contribution in [0, 0.1) is 0 Å². The molecule has 1 heterocycles. The molecule has 2 rings (SSSR count). The maximum Gasteiger partial charge on any atom is 0.203 e. The van der Waals surface area contributed by atoms with E-state index in [2.05, 4.69) is 5.16 Å². The van der Waals surface area contributed by atoms with Gasteiger partial charge in [-0.2, -0.15) is 0 Å². The molecule has 0 radical (unpaired) electrons. The number of rotatable bonds is 6. The van der Waals surface area contributed by atoms with Gasteiger partial charge in [0.25, 0.3) is 0 Å². The van der Waals surface area contributed by atoms with E-state index in [1.54, 1.807) is 27.4 Å². The molecule has 1 aromatic heterocycles. The number of aromatic nitrogens is 1. The molecule has 0 bridgehead atoms. The summed E-state index contributed by atoms with van der Waals surface area (Å²) in [6.45, 7) is 1.99. The van der Waals surface area contributed by atoms with Crippen LogP contribution in [-0.2, 0) is 0 Å². The molecule has 0 fully saturated rings. The van der Waals surface area contributed by atoms with Crippen molar-refractivity contribution >= 4 is 0 Å². The Morgan fingerprint density at radius 3 is 2.43 bits per heavy atom. The second-order valence-electron chi connectivity index (χ2n) is 4.51. The molecule has 0 amide bonds. The molecule has 114 valence electrons. The van der Waals surface area contributed by atoms with Crippen LogP contribution in [0.4, 0.5) is 0 Å². The second-order valence-corrected chi connectivity index (χ2v) is 4.51. The molecule has 0 aliphatic carbocycles. The highest BCUT2D eigenvalue weighted by molar-refractivity contribution is 5.74. The molecular weight excluding hydrogens is 272 g/mol. The zero-order valence-electron chi connectivity index (χ0n) is 12.7. The Balaban J connectivity index is 2.51. The molecular formula is C15H20N2O4. The van der Waals surface area contributed by atoms with Crippen molar-refractivity contribution in [3.63, 3.8) is 0 Å². The Kier molecular flexibility index (Phi) is 4.70. The highest BCUT2D eigenvalue weighted by Gasteiger charge is 2.20. The number of nitrogens with zero attached hydrogens (tertiary/aromatic N) is 1. The molecule has 1 unspecified atom stereocenters. The van der Waals surface area contributed by atoms with E-state index in [-0.39, 0.29) is 6.04 Å². The Morgan fingerprint density at radius 2 is 1.86 bits per heavy atom. The third kappa shape index (κ3) is 2.80. The molecule has 2 aromatic rings. The molecule has 0 saturated carbocycles. The number of benzene rings is 1. The molecule has 0 saturated heterocycles. The van der Waals surface area contributed by atoms with Crippen molar-refractivity contribution in [2.24, 2.45) is 5.73 Å². The molecule has 2 N–H and O–H groups in total. The van der Waals surface area contributed by atoms with Gasteiger partial charge < -0.3 is 24.5 Å². The Bertz CT molecular complexity index is 610.